The number of hydrogen-bond acceptors (Lipinski definition) is 2. The van der Waals surface area contributed by atoms with Crippen LogP contribution in [0.4, 0.5) is 8.78 Å². The third kappa shape index (κ3) is 4.24. The third-order valence-electron chi connectivity index (χ3n) is 6.11. The first-order valence-electron chi connectivity index (χ1n) is 10.9. The van der Waals surface area contributed by atoms with E-state index in [0.29, 0.717) is 25.2 Å². The maximum absolute atomic E-state index is 14.4. The summed E-state index contributed by atoms with van der Waals surface area (Å²) in [6.45, 7) is 9.83. The summed E-state index contributed by atoms with van der Waals surface area (Å²) in [4.78, 5) is 0. The van der Waals surface area contributed by atoms with Crippen molar-refractivity contribution in [2.75, 3.05) is 6.61 Å². The van der Waals surface area contributed by atoms with Gasteiger partial charge in [-0.2, -0.15) is 0 Å². The number of fused-ring (bicyclic) bond motifs is 1. The molecule has 1 aliphatic carbocycles. The molecule has 2 aliphatic rings. The van der Waals surface area contributed by atoms with Gasteiger partial charge >= 0.3 is 0 Å². The first kappa shape index (κ1) is 21.6. The molecule has 5 heteroatoms. The second-order valence-corrected chi connectivity index (χ2v) is 8.10. The minimum Gasteiger partial charge on any atom is -0.496 e. The molecule has 1 saturated heterocycles. The van der Waals surface area contributed by atoms with E-state index < -0.39 is 11.8 Å². The summed E-state index contributed by atoms with van der Waals surface area (Å²) in [5, 5.41) is 1.76. The highest BCUT2D eigenvalue weighted by atomic mass is 19.3. The fourth-order valence-electron chi connectivity index (χ4n) is 4.53. The van der Waals surface area contributed by atoms with Crippen molar-refractivity contribution < 1.29 is 18.3 Å². The number of ether oxygens (including phenoxy) is 2. The summed E-state index contributed by atoms with van der Waals surface area (Å²) < 4.78 is 43.0. The number of hydrogen-bond donors (Lipinski definition) is 0. The van der Waals surface area contributed by atoms with Crippen LogP contribution in [0, 0.1) is 5.92 Å². The van der Waals surface area contributed by atoms with E-state index in [0.717, 1.165) is 40.7 Å². The Bertz CT molecular complexity index is 1070. The Morgan fingerprint density at radius 1 is 1.26 bits per heavy atom. The van der Waals surface area contributed by atoms with E-state index in [1.807, 2.05) is 43.3 Å². The van der Waals surface area contributed by atoms with Crippen molar-refractivity contribution in [1.82, 2.24) is 4.57 Å². The lowest BCUT2D eigenvalue weighted by Gasteiger charge is -2.20. The molecule has 2 heterocycles. The molecule has 164 valence electrons. The summed E-state index contributed by atoms with van der Waals surface area (Å²) in [6.07, 6.45) is 6.71. The van der Waals surface area contributed by atoms with Gasteiger partial charge in [-0.15, -0.1) is 0 Å². The number of rotatable bonds is 7. The Morgan fingerprint density at radius 2 is 2.03 bits per heavy atom. The fourth-order valence-corrected chi connectivity index (χ4v) is 4.53. The van der Waals surface area contributed by atoms with Gasteiger partial charge in [0.15, 0.2) is 0 Å². The summed E-state index contributed by atoms with van der Waals surface area (Å²) in [6, 6.07) is 12.0. The Hall–Kier alpha value is -2.66. The molecule has 31 heavy (non-hydrogen) atoms. The van der Waals surface area contributed by atoms with Gasteiger partial charge in [0.25, 0.3) is 5.92 Å². The van der Waals surface area contributed by atoms with Crippen LogP contribution in [0.25, 0.3) is 23.4 Å². The van der Waals surface area contributed by atoms with Crippen molar-refractivity contribution in [2.45, 2.75) is 50.9 Å². The zero-order valence-electron chi connectivity index (χ0n) is 17.9. The number of alkyl halides is 2. The number of aromatic nitrogens is 1. The van der Waals surface area contributed by atoms with Crippen LogP contribution in [0.2, 0.25) is 0 Å². The monoisotopic (exact) mass is 425 g/mol. The topological polar surface area (TPSA) is 23.4 Å². The molecule has 0 spiro atoms. The van der Waals surface area contributed by atoms with Gasteiger partial charge in [-0.05, 0) is 55.5 Å². The molecular formula is C26H29F2NO2. The van der Waals surface area contributed by atoms with E-state index in [4.69, 9.17) is 9.47 Å². The minimum atomic E-state index is -2.94. The molecule has 0 radical (unpaired) electrons. The SMILES string of the molecule is C=CC(F)(F)C1C=c2cc(-c3ccccc3)n(C3CCC(C(=C)OCC)O3)c2=CCC1. The van der Waals surface area contributed by atoms with Crippen LogP contribution in [0.5, 0.6) is 0 Å². The van der Waals surface area contributed by atoms with E-state index in [-0.39, 0.29) is 12.3 Å². The summed E-state index contributed by atoms with van der Waals surface area (Å²) >= 11 is 0. The van der Waals surface area contributed by atoms with E-state index in [1.54, 1.807) is 6.08 Å². The van der Waals surface area contributed by atoms with E-state index in [9.17, 15) is 8.78 Å². The fraction of sp³-hybridized carbons (Fsp3) is 0.385. The maximum Gasteiger partial charge on any atom is 0.272 e. The van der Waals surface area contributed by atoms with Crippen molar-refractivity contribution >= 4 is 12.2 Å². The number of benzene rings is 1. The van der Waals surface area contributed by atoms with Crippen molar-refractivity contribution in [2.24, 2.45) is 5.92 Å². The van der Waals surface area contributed by atoms with Crippen molar-refractivity contribution in [3.63, 3.8) is 0 Å². The van der Waals surface area contributed by atoms with Crippen molar-refractivity contribution in [1.29, 1.82) is 0 Å². The highest BCUT2D eigenvalue weighted by Gasteiger charge is 2.36. The molecular weight excluding hydrogens is 396 g/mol. The summed E-state index contributed by atoms with van der Waals surface area (Å²) in [5.74, 6) is -3.17. The zero-order valence-corrected chi connectivity index (χ0v) is 17.9. The largest absolute Gasteiger partial charge is 0.496 e. The van der Waals surface area contributed by atoms with Gasteiger partial charge in [0, 0.05) is 11.3 Å². The normalized spacial score (nSPS) is 23.3. The van der Waals surface area contributed by atoms with Gasteiger partial charge in [-0.3, -0.25) is 0 Å². The van der Waals surface area contributed by atoms with E-state index >= 15 is 0 Å². The number of nitrogens with zero attached hydrogens (tertiary/aromatic N) is 1. The average molecular weight is 426 g/mol. The molecule has 3 atom stereocenters. The smallest absolute Gasteiger partial charge is 0.272 e. The summed E-state index contributed by atoms with van der Waals surface area (Å²) in [5.41, 5.74) is 1.99. The molecule has 1 fully saturated rings. The average Bonchev–Trinajstić information content (AvgIpc) is 3.33. The van der Waals surface area contributed by atoms with Crippen LogP contribution in [-0.2, 0) is 9.47 Å². The minimum absolute atomic E-state index is 0.167. The van der Waals surface area contributed by atoms with Gasteiger partial charge < -0.3 is 14.0 Å². The van der Waals surface area contributed by atoms with Crippen LogP contribution >= 0.6 is 0 Å². The number of halogens is 2. The molecule has 1 aromatic heterocycles. The first-order valence-corrected chi connectivity index (χ1v) is 10.9. The van der Waals surface area contributed by atoms with Gasteiger partial charge in [0.2, 0.25) is 0 Å². The van der Waals surface area contributed by atoms with Gasteiger partial charge in [0.05, 0.1) is 12.3 Å². The Labute approximate surface area is 182 Å². The molecule has 0 amide bonds. The third-order valence-corrected chi connectivity index (χ3v) is 6.11. The second-order valence-electron chi connectivity index (χ2n) is 8.10. The lowest BCUT2D eigenvalue weighted by Crippen LogP contribution is -2.33. The molecule has 0 N–H and O–H groups in total. The van der Waals surface area contributed by atoms with E-state index in [2.05, 4.69) is 23.8 Å². The van der Waals surface area contributed by atoms with Crippen LogP contribution in [-0.4, -0.2) is 23.2 Å². The predicted octanol–water partition coefficient (Wildman–Crippen LogP) is 5.18. The lowest BCUT2D eigenvalue weighted by molar-refractivity contribution is -0.00753. The first-order chi connectivity index (χ1) is 14.9. The summed E-state index contributed by atoms with van der Waals surface area (Å²) in [7, 11) is 0. The Morgan fingerprint density at radius 3 is 2.74 bits per heavy atom. The van der Waals surface area contributed by atoms with Crippen LogP contribution in [0.1, 0.15) is 38.8 Å². The quantitative estimate of drug-likeness (QED) is 0.451. The molecule has 3 nitrogen and oxygen atoms in total. The molecule has 4 rings (SSSR count). The lowest BCUT2D eigenvalue weighted by atomic mass is 9.95. The van der Waals surface area contributed by atoms with E-state index in [1.165, 1.54) is 0 Å². The molecule has 1 aliphatic heterocycles. The Balaban J connectivity index is 1.82. The van der Waals surface area contributed by atoms with Crippen LogP contribution < -0.4 is 10.6 Å². The van der Waals surface area contributed by atoms with Crippen molar-refractivity contribution in [3.05, 3.63) is 72.0 Å². The highest BCUT2D eigenvalue weighted by molar-refractivity contribution is 5.62. The predicted molar refractivity (Wildman–Crippen MR) is 120 cm³/mol. The number of allylic oxidation sites excluding steroid dienone is 1. The maximum atomic E-state index is 14.4. The molecule has 2 aromatic rings. The van der Waals surface area contributed by atoms with Crippen LogP contribution in [0.15, 0.2) is 61.4 Å². The van der Waals surface area contributed by atoms with Crippen LogP contribution in [0.3, 0.4) is 0 Å². The van der Waals surface area contributed by atoms with Gasteiger partial charge in [-0.1, -0.05) is 55.6 Å². The standard InChI is InChI=1S/C26H29F2NO2/c1-4-26(27,28)21-12-9-13-22-20(16-21)17-23(19-10-7-6-8-11-19)29(22)25-15-14-24(31-25)18(3)30-5-2/h4,6-8,10-11,13,16-17,21,24-25H,1,3,5,9,12,14-15H2,2H3. The molecule has 3 unspecified atom stereocenters. The Kier molecular flexibility index (Phi) is 6.15. The van der Waals surface area contributed by atoms with Crippen molar-refractivity contribution in [3.8, 4) is 11.3 Å². The highest BCUT2D eigenvalue weighted by Crippen LogP contribution is 2.35. The van der Waals surface area contributed by atoms with Gasteiger partial charge in [-0.25, -0.2) is 8.78 Å². The molecule has 1 aromatic carbocycles. The van der Waals surface area contributed by atoms with Gasteiger partial charge in [0.1, 0.15) is 18.1 Å². The molecule has 0 bridgehead atoms. The second kappa shape index (κ2) is 8.83. The zero-order chi connectivity index (χ0) is 22.0. The molecule has 0 saturated carbocycles.